The fourth-order valence-electron chi connectivity index (χ4n) is 4.65. The van der Waals surface area contributed by atoms with Crippen LogP contribution in [0.5, 0.6) is 0 Å². The minimum atomic E-state index is 0.332. The fourth-order valence-corrected chi connectivity index (χ4v) is 4.84. The van der Waals surface area contributed by atoms with Gasteiger partial charge in [0, 0.05) is 17.0 Å². The van der Waals surface area contributed by atoms with E-state index in [0.717, 1.165) is 18.1 Å². The van der Waals surface area contributed by atoms with Crippen molar-refractivity contribution in [2.45, 2.75) is 57.3 Å². The summed E-state index contributed by atoms with van der Waals surface area (Å²) < 4.78 is 0. The van der Waals surface area contributed by atoms with Crippen molar-refractivity contribution >= 4 is 11.6 Å². The van der Waals surface area contributed by atoms with Crippen molar-refractivity contribution in [2.24, 2.45) is 5.41 Å². The summed E-state index contributed by atoms with van der Waals surface area (Å²) in [5.74, 6) is 0. The number of hydrogen-bond donors (Lipinski definition) is 1. The Kier molecular flexibility index (Phi) is 4.10. The lowest BCUT2D eigenvalue weighted by Gasteiger charge is -2.59. The third-order valence-electron chi connectivity index (χ3n) is 5.49. The standard InChI is InChI=1S/C18H26ClN/c1-2-20-14-18(15-7-6-8-16(19)11-15)12-17(13-18)9-4-3-5-10-17/h6-8,11,20H,2-5,9-10,12-14H2,1H3. The summed E-state index contributed by atoms with van der Waals surface area (Å²) in [6.07, 6.45) is 9.92. The van der Waals surface area contributed by atoms with Gasteiger partial charge in [-0.25, -0.2) is 0 Å². The Labute approximate surface area is 128 Å². The van der Waals surface area contributed by atoms with E-state index in [0.29, 0.717) is 10.8 Å². The van der Waals surface area contributed by atoms with Crippen LogP contribution in [0.15, 0.2) is 24.3 Å². The van der Waals surface area contributed by atoms with Crippen molar-refractivity contribution in [1.29, 1.82) is 0 Å². The van der Waals surface area contributed by atoms with Crippen LogP contribution in [0.3, 0.4) is 0 Å². The van der Waals surface area contributed by atoms with Crippen LogP contribution in [0, 0.1) is 5.41 Å². The number of nitrogens with one attached hydrogen (secondary N) is 1. The Morgan fingerprint density at radius 2 is 1.90 bits per heavy atom. The predicted octanol–water partition coefficient (Wildman–Crippen LogP) is 4.93. The molecule has 2 aliphatic carbocycles. The Hall–Kier alpha value is -0.530. The van der Waals surface area contributed by atoms with Gasteiger partial charge >= 0.3 is 0 Å². The highest BCUT2D eigenvalue weighted by Crippen LogP contribution is 2.61. The van der Waals surface area contributed by atoms with Gasteiger partial charge in [0.2, 0.25) is 0 Å². The molecule has 2 fully saturated rings. The fraction of sp³-hybridized carbons (Fsp3) is 0.667. The maximum absolute atomic E-state index is 6.22. The lowest BCUT2D eigenvalue weighted by Crippen LogP contribution is -2.55. The molecule has 2 aliphatic rings. The number of benzene rings is 1. The second-order valence-electron chi connectivity index (χ2n) is 6.99. The molecule has 2 heteroatoms. The summed E-state index contributed by atoms with van der Waals surface area (Å²) >= 11 is 6.22. The van der Waals surface area contributed by atoms with E-state index in [2.05, 4.69) is 30.4 Å². The molecule has 0 aromatic heterocycles. The number of likely N-dealkylation sites (N-methyl/N-ethyl adjacent to an activating group) is 1. The van der Waals surface area contributed by atoms with E-state index < -0.39 is 0 Å². The summed E-state index contributed by atoms with van der Waals surface area (Å²) in [7, 11) is 0. The van der Waals surface area contributed by atoms with E-state index in [9.17, 15) is 0 Å². The molecule has 1 N–H and O–H groups in total. The van der Waals surface area contributed by atoms with Crippen LogP contribution < -0.4 is 5.32 Å². The average molecular weight is 292 g/mol. The van der Waals surface area contributed by atoms with Crippen molar-refractivity contribution in [2.75, 3.05) is 13.1 Å². The van der Waals surface area contributed by atoms with Gasteiger partial charge < -0.3 is 5.32 Å². The van der Waals surface area contributed by atoms with Gasteiger partial charge in [0.05, 0.1) is 0 Å². The maximum Gasteiger partial charge on any atom is 0.0408 e. The van der Waals surface area contributed by atoms with Crippen LogP contribution in [0.1, 0.15) is 57.4 Å². The van der Waals surface area contributed by atoms with Gasteiger partial charge in [-0.2, -0.15) is 0 Å². The highest BCUT2D eigenvalue weighted by atomic mass is 35.5. The van der Waals surface area contributed by atoms with E-state index in [-0.39, 0.29) is 0 Å². The molecule has 0 aliphatic heterocycles. The Balaban J connectivity index is 1.81. The van der Waals surface area contributed by atoms with Gasteiger partial charge in [-0.15, -0.1) is 0 Å². The topological polar surface area (TPSA) is 12.0 Å². The van der Waals surface area contributed by atoms with Gasteiger partial charge in [0.15, 0.2) is 0 Å². The van der Waals surface area contributed by atoms with E-state index in [1.165, 1.54) is 50.5 Å². The quantitative estimate of drug-likeness (QED) is 0.829. The van der Waals surface area contributed by atoms with Crippen LogP contribution in [-0.2, 0) is 5.41 Å². The molecule has 0 saturated heterocycles. The molecule has 20 heavy (non-hydrogen) atoms. The van der Waals surface area contributed by atoms with Crippen LogP contribution in [0.25, 0.3) is 0 Å². The minimum absolute atomic E-state index is 0.332. The van der Waals surface area contributed by atoms with Gasteiger partial charge in [-0.05, 0) is 55.3 Å². The second-order valence-corrected chi connectivity index (χ2v) is 7.42. The van der Waals surface area contributed by atoms with Gasteiger partial charge in [-0.1, -0.05) is 49.9 Å². The van der Waals surface area contributed by atoms with Crippen molar-refractivity contribution in [3.05, 3.63) is 34.9 Å². The first kappa shape index (κ1) is 14.4. The summed E-state index contributed by atoms with van der Waals surface area (Å²) in [6.45, 7) is 4.35. The molecule has 0 radical (unpaired) electrons. The minimum Gasteiger partial charge on any atom is -0.316 e. The lowest BCUT2D eigenvalue weighted by atomic mass is 9.46. The zero-order chi connectivity index (χ0) is 14.1. The monoisotopic (exact) mass is 291 g/mol. The SMILES string of the molecule is CCNCC1(c2cccc(Cl)c2)CC2(CCCCC2)C1. The van der Waals surface area contributed by atoms with Crippen LogP contribution in [0.2, 0.25) is 5.02 Å². The van der Waals surface area contributed by atoms with E-state index in [4.69, 9.17) is 11.6 Å². The highest BCUT2D eigenvalue weighted by Gasteiger charge is 2.54. The van der Waals surface area contributed by atoms with Crippen molar-refractivity contribution in [3.63, 3.8) is 0 Å². The summed E-state index contributed by atoms with van der Waals surface area (Å²) in [4.78, 5) is 0. The van der Waals surface area contributed by atoms with Gasteiger partial charge in [-0.3, -0.25) is 0 Å². The maximum atomic E-state index is 6.22. The summed E-state index contributed by atoms with van der Waals surface area (Å²) in [5, 5.41) is 4.47. The molecule has 110 valence electrons. The molecule has 3 rings (SSSR count). The second kappa shape index (κ2) is 5.69. The predicted molar refractivity (Wildman–Crippen MR) is 86.4 cm³/mol. The summed E-state index contributed by atoms with van der Waals surface area (Å²) in [6, 6.07) is 8.56. The Bertz CT molecular complexity index is 454. The molecular formula is C18H26ClN. The van der Waals surface area contributed by atoms with Crippen molar-refractivity contribution in [3.8, 4) is 0 Å². The molecule has 0 amide bonds. The molecule has 1 aromatic carbocycles. The zero-order valence-electron chi connectivity index (χ0n) is 12.6. The van der Waals surface area contributed by atoms with Crippen molar-refractivity contribution in [1.82, 2.24) is 5.32 Å². The molecule has 2 saturated carbocycles. The molecule has 1 aromatic rings. The molecular weight excluding hydrogens is 266 g/mol. The molecule has 0 atom stereocenters. The van der Waals surface area contributed by atoms with Crippen LogP contribution in [0.4, 0.5) is 0 Å². The molecule has 0 bridgehead atoms. The third kappa shape index (κ3) is 2.63. The van der Waals surface area contributed by atoms with E-state index in [1.807, 2.05) is 6.07 Å². The lowest BCUT2D eigenvalue weighted by molar-refractivity contribution is -0.0125. The van der Waals surface area contributed by atoms with Crippen LogP contribution in [-0.4, -0.2) is 13.1 Å². The van der Waals surface area contributed by atoms with E-state index in [1.54, 1.807) is 0 Å². The normalized spacial score (nSPS) is 23.5. The first-order chi connectivity index (χ1) is 9.68. The van der Waals surface area contributed by atoms with Gasteiger partial charge in [0.25, 0.3) is 0 Å². The number of halogens is 1. The average Bonchev–Trinajstić information content (AvgIpc) is 2.43. The summed E-state index contributed by atoms with van der Waals surface area (Å²) in [5.41, 5.74) is 2.43. The smallest absolute Gasteiger partial charge is 0.0408 e. The van der Waals surface area contributed by atoms with Crippen LogP contribution >= 0.6 is 11.6 Å². The zero-order valence-corrected chi connectivity index (χ0v) is 13.3. The Morgan fingerprint density at radius 1 is 1.15 bits per heavy atom. The first-order valence-corrected chi connectivity index (χ1v) is 8.53. The highest BCUT2D eigenvalue weighted by molar-refractivity contribution is 6.30. The molecule has 0 heterocycles. The molecule has 0 unspecified atom stereocenters. The number of rotatable bonds is 4. The van der Waals surface area contributed by atoms with Gasteiger partial charge in [0.1, 0.15) is 0 Å². The third-order valence-corrected chi connectivity index (χ3v) is 5.73. The molecule has 1 spiro atoms. The van der Waals surface area contributed by atoms with E-state index >= 15 is 0 Å². The Morgan fingerprint density at radius 3 is 2.55 bits per heavy atom. The first-order valence-electron chi connectivity index (χ1n) is 8.15. The largest absolute Gasteiger partial charge is 0.316 e. The van der Waals surface area contributed by atoms with Crippen molar-refractivity contribution < 1.29 is 0 Å². The molecule has 1 nitrogen and oxygen atoms in total. The number of hydrogen-bond acceptors (Lipinski definition) is 1.